The van der Waals surface area contributed by atoms with Crippen molar-refractivity contribution in [3.63, 3.8) is 0 Å². The van der Waals surface area contributed by atoms with E-state index in [1.807, 2.05) is 69.0 Å². The minimum atomic E-state index is -2.04. The van der Waals surface area contributed by atoms with Gasteiger partial charge in [0, 0.05) is 24.5 Å². The highest BCUT2D eigenvalue weighted by Gasteiger charge is 2.41. The average Bonchev–Trinajstić information content (AvgIpc) is 3.26. The molecule has 8 nitrogen and oxygen atoms in total. The first-order valence-electron chi connectivity index (χ1n) is 14.7. The van der Waals surface area contributed by atoms with Crippen LogP contribution in [-0.4, -0.2) is 57.4 Å². The number of hydrogen-bond acceptors (Lipinski definition) is 4. The summed E-state index contributed by atoms with van der Waals surface area (Å²) < 4.78 is 1.84. The van der Waals surface area contributed by atoms with E-state index < -0.39 is 26.1 Å². The zero-order valence-corrected chi connectivity index (χ0v) is 28.0. The van der Waals surface area contributed by atoms with E-state index in [2.05, 4.69) is 63.4 Å². The summed E-state index contributed by atoms with van der Waals surface area (Å²) in [7, 11) is -0.137. The van der Waals surface area contributed by atoms with Gasteiger partial charge in [0.25, 0.3) is 0 Å². The Labute approximate surface area is 251 Å². The molecule has 1 aromatic carbocycles. The number of carbonyl (C=O) groups excluding carboxylic acids is 1. The molecule has 2 N–H and O–H groups in total. The molecule has 42 heavy (non-hydrogen) atoms. The number of anilines is 1. The van der Waals surface area contributed by atoms with Crippen molar-refractivity contribution in [3.05, 3.63) is 42.2 Å². The molecule has 0 saturated carbocycles. The summed E-state index contributed by atoms with van der Waals surface area (Å²) in [6.07, 6.45) is 0.690. The lowest BCUT2D eigenvalue weighted by Gasteiger charge is -2.38. The number of aromatic nitrogens is 3. The molecule has 1 atom stereocenters. The van der Waals surface area contributed by atoms with Crippen LogP contribution in [-0.2, 0) is 11.8 Å². The van der Waals surface area contributed by atoms with Gasteiger partial charge in [-0.3, -0.25) is 14.4 Å². The number of para-hydroxylation sites is 1. The quantitative estimate of drug-likeness (QED) is 0.209. The predicted octanol–water partition coefficient (Wildman–Crippen LogP) is 7.56. The molecule has 9 heteroatoms. The number of nitrogens with zero attached hydrogens (tertiary/aromatic N) is 4. The van der Waals surface area contributed by atoms with E-state index in [4.69, 9.17) is 4.98 Å². The molecule has 1 unspecified atom stereocenters. The Hall–Kier alpha value is -3.64. The van der Waals surface area contributed by atoms with Gasteiger partial charge in [0.2, 0.25) is 5.91 Å². The number of aryl methyl sites for hydroxylation is 1. The Kier molecular flexibility index (Phi) is 9.94. The maximum Gasteiger partial charge on any atom is 0.407 e. The monoisotopic (exact) mass is 589 g/mol. The fraction of sp³-hybridized carbons (Fsp3) is 0.515. The standard InChI is InChI=1S/C33H47N5O3Si/c1-21(2)42(22(3)4,23(5)6)16-15-27-17-26(28-14-12-13-25-19-34-37(11)30(25)28)18-29(35-27)36-31(39)24(7)38(32(40)41)20-33(8,9)10/h12-14,17-19,21-24H,20H2,1-11H3,(H,40,41)(H,35,36,39). The zero-order chi connectivity index (χ0) is 31.6. The van der Waals surface area contributed by atoms with Gasteiger partial charge in [0.1, 0.15) is 25.6 Å². The van der Waals surface area contributed by atoms with Crippen molar-refractivity contribution in [1.82, 2.24) is 19.7 Å². The number of hydrogen-bond donors (Lipinski definition) is 2. The predicted molar refractivity (Wildman–Crippen MR) is 174 cm³/mol. The first-order valence-corrected chi connectivity index (χ1v) is 17.0. The molecule has 0 fully saturated rings. The van der Waals surface area contributed by atoms with E-state index in [0.717, 1.165) is 22.0 Å². The maximum atomic E-state index is 13.4. The fourth-order valence-corrected chi connectivity index (χ4v) is 11.3. The van der Waals surface area contributed by atoms with Crippen molar-refractivity contribution >= 4 is 36.8 Å². The van der Waals surface area contributed by atoms with E-state index in [1.54, 1.807) is 6.92 Å². The van der Waals surface area contributed by atoms with Crippen LogP contribution in [0, 0.1) is 16.9 Å². The lowest BCUT2D eigenvalue weighted by Crippen LogP contribution is -2.48. The fourth-order valence-electron chi connectivity index (χ4n) is 6.14. The number of rotatable bonds is 8. The molecule has 226 valence electrons. The van der Waals surface area contributed by atoms with Gasteiger partial charge in [-0.05, 0) is 46.7 Å². The van der Waals surface area contributed by atoms with Gasteiger partial charge in [0.05, 0.1) is 11.7 Å². The summed E-state index contributed by atoms with van der Waals surface area (Å²) in [5, 5.41) is 18.2. The molecule has 0 radical (unpaired) electrons. The Morgan fingerprint density at radius 1 is 1.05 bits per heavy atom. The zero-order valence-electron chi connectivity index (χ0n) is 27.0. The molecule has 3 rings (SSSR count). The number of fused-ring (bicyclic) bond motifs is 1. The highest BCUT2D eigenvalue weighted by Crippen LogP contribution is 2.41. The molecule has 0 aliphatic rings. The minimum Gasteiger partial charge on any atom is -0.465 e. The van der Waals surface area contributed by atoms with Crippen molar-refractivity contribution in [2.45, 2.75) is 91.9 Å². The summed E-state index contributed by atoms with van der Waals surface area (Å²) in [4.78, 5) is 31.4. The minimum absolute atomic E-state index is 0.218. The van der Waals surface area contributed by atoms with E-state index in [1.165, 1.54) is 4.90 Å². The van der Waals surface area contributed by atoms with Crippen LogP contribution in [0.5, 0.6) is 0 Å². The van der Waals surface area contributed by atoms with Gasteiger partial charge in [-0.2, -0.15) is 5.10 Å². The normalized spacial score (nSPS) is 12.9. The first kappa shape index (κ1) is 32.9. The maximum absolute atomic E-state index is 13.4. The molecule has 2 amide bonds. The van der Waals surface area contributed by atoms with Gasteiger partial charge in [-0.1, -0.05) is 86.4 Å². The van der Waals surface area contributed by atoms with E-state index in [9.17, 15) is 14.7 Å². The second-order valence-corrected chi connectivity index (χ2v) is 19.0. The number of carbonyl (C=O) groups is 2. The van der Waals surface area contributed by atoms with Crippen LogP contribution in [0.1, 0.15) is 74.9 Å². The summed E-state index contributed by atoms with van der Waals surface area (Å²) in [5.41, 5.74) is 8.14. The van der Waals surface area contributed by atoms with Crippen molar-refractivity contribution in [3.8, 4) is 22.6 Å². The third-order valence-corrected chi connectivity index (χ3v) is 14.4. The Bertz CT molecular complexity index is 1490. The topological polar surface area (TPSA) is 100 Å². The molecule has 3 aromatic rings. The van der Waals surface area contributed by atoms with Crippen molar-refractivity contribution in [2.75, 3.05) is 11.9 Å². The van der Waals surface area contributed by atoms with Crippen LogP contribution in [0.15, 0.2) is 36.5 Å². The smallest absolute Gasteiger partial charge is 0.407 e. The number of nitrogens with one attached hydrogen (secondary N) is 1. The van der Waals surface area contributed by atoms with Gasteiger partial charge < -0.3 is 10.4 Å². The van der Waals surface area contributed by atoms with E-state index in [-0.39, 0.29) is 12.0 Å². The SMILES string of the molecule is CC(C(=O)Nc1cc(-c2cccc3cnn(C)c23)cc(C#C[Si](C(C)C)(C(C)C)C(C)C)n1)N(CC(C)(C)C)C(=O)O. The second kappa shape index (κ2) is 12.7. The summed E-state index contributed by atoms with van der Waals surface area (Å²) >= 11 is 0. The van der Waals surface area contributed by atoms with Gasteiger partial charge >= 0.3 is 6.09 Å². The van der Waals surface area contributed by atoms with Crippen molar-refractivity contribution in [2.24, 2.45) is 12.5 Å². The Morgan fingerprint density at radius 3 is 2.21 bits per heavy atom. The van der Waals surface area contributed by atoms with Crippen LogP contribution in [0.3, 0.4) is 0 Å². The molecule has 0 spiro atoms. The van der Waals surface area contributed by atoms with E-state index >= 15 is 0 Å². The number of amides is 2. The average molecular weight is 590 g/mol. The molecule has 0 bridgehead atoms. The third kappa shape index (κ3) is 7.04. The van der Waals surface area contributed by atoms with Gasteiger partial charge in [0.15, 0.2) is 0 Å². The molecule has 2 aromatic heterocycles. The Morgan fingerprint density at radius 2 is 1.67 bits per heavy atom. The number of pyridine rings is 1. The van der Waals surface area contributed by atoms with E-state index in [0.29, 0.717) is 28.1 Å². The summed E-state index contributed by atoms with van der Waals surface area (Å²) in [6, 6.07) is 8.90. The largest absolute Gasteiger partial charge is 0.465 e. The molecule has 0 aliphatic carbocycles. The van der Waals surface area contributed by atoms with Crippen LogP contribution in [0.4, 0.5) is 10.6 Å². The van der Waals surface area contributed by atoms with Crippen LogP contribution in [0.25, 0.3) is 22.0 Å². The summed E-state index contributed by atoms with van der Waals surface area (Å²) in [5.74, 6) is 3.32. The third-order valence-electron chi connectivity index (χ3n) is 8.16. The lowest BCUT2D eigenvalue weighted by molar-refractivity contribution is -0.120. The van der Waals surface area contributed by atoms with Crippen LogP contribution >= 0.6 is 0 Å². The lowest BCUT2D eigenvalue weighted by atomic mass is 9.95. The Balaban J connectivity index is 2.16. The number of carboxylic acid groups (broad SMARTS) is 1. The molecule has 0 saturated heterocycles. The van der Waals surface area contributed by atoms with Gasteiger partial charge in [-0.25, -0.2) is 9.78 Å². The van der Waals surface area contributed by atoms with Crippen molar-refractivity contribution < 1.29 is 14.7 Å². The highest BCUT2D eigenvalue weighted by atomic mass is 28.3. The molecule has 2 heterocycles. The van der Waals surface area contributed by atoms with Crippen LogP contribution in [0.2, 0.25) is 16.6 Å². The first-order chi connectivity index (χ1) is 19.5. The molecular weight excluding hydrogens is 542 g/mol. The van der Waals surface area contributed by atoms with Crippen LogP contribution < -0.4 is 5.32 Å². The summed E-state index contributed by atoms with van der Waals surface area (Å²) in [6.45, 7) is 21.3. The molecule has 0 aliphatic heterocycles. The van der Waals surface area contributed by atoms with Gasteiger partial charge in [-0.15, -0.1) is 5.54 Å². The second-order valence-electron chi connectivity index (χ2n) is 13.4. The molecular formula is C33H47N5O3Si. The van der Waals surface area contributed by atoms with Crippen molar-refractivity contribution in [1.29, 1.82) is 0 Å². The number of benzene rings is 1. The highest BCUT2D eigenvalue weighted by molar-refractivity contribution is 6.90.